The van der Waals surface area contributed by atoms with E-state index in [0.717, 1.165) is 21.3 Å². The Balaban J connectivity index is 1.61. The van der Waals surface area contributed by atoms with Crippen molar-refractivity contribution in [2.75, 3.05) is 17.2 Å². The molecule has 0 N–H and O–H groups in total. The number of hydrogen-bond donors (Lipinski definition) is 0. The Morgan fingerprint density at radius 1 is 1.13 bits per heavy atom. The van der Waals surface area contributed by atoms with Gasteiger partial charge in [0, 0.05) is 16.6 Å². The maximum Gasteiger partial charge on any atom is 0.238 e. The van der Waals surface area contributed by atoms with Crippen molar-refractivity contribution in [3.05, 3.63) is 72.1 Å². The van der Waals surface area contributed by atoms with Crippen molar-refractivity contribution in [1.29, 1.82) is 5.26 Å². The van der Waals surface area contributed by atoms with Crippen molar-refractivity contribution in [3.63, 3.8) is 0 Å². The fourth-order valence-corrected chi connectivity index (χ4v) is 4.88. The molecule has 4 rings (SSSR count). The van der Waals surface area contributed by atoms with Gasteiger partial charge in [0.05, 0.1) is 17.2 Å². The average Bonchev–Trinajstić information content (AvgIpc) is 3.22. The second kappa shape index (κ2) is 9.03. The molecule has 0 saturated carbocycles. The van der Waals surface area contributed by atoms with Crippen LogP contribution in [0.5, 0.6) is 0 Å². The summed E-state index contributed by atoms with van der Waals surface area (Å²) >= 11 is 2.78. The van der Waals surface area contributed by atoms with E-state index in [4.69, 9.17) is 5.26 Å². The molecular weight excluding hydrogens is 419 g/mol. The first-order valence-electron chi connectivity index (χ1n) is 9.00. The van der Waals surface area contributed by atoms with E-state index in [1.807, 2.05) is 29.6 Å². The Kier molecular flexibility index (Phi) is 6.02. The fourth-order valence-electron chi connectivity index (χ4n) is 3.01. The van der Waals surface area contributed by atoms with Crippen LogP contribution in [0.1, 0.15) is 0 Å². The summed E-state index contributed by atoms with van der Waals surface area (Å²) in [4.78, 5) is 23.8. The highest BCUT2D eigenvalue weighted by atomic mass is 32.2. The Morgan fingerprint density at radius 3 is 2.63 bits per heavy atom. The molecule has 2 heterocycles. The third kappa shape index (κ3) is 4.17. The zero-order valence-electron chi connectivity index (χ0n) is 15.7. The molecule has 0 spiro atoms. The van der Waals surface area contributed by atoms with Crippen molar-refractivity contribution in [2.45, 2.75) is 5.03 Å². The first-order valence-corrected chi connectivity index (χ1v) is 10.9. The van der Waals surface area contributed by atoms with E-state index in [-0.39, 0.29) is 24.0 Å². The van der Waals surface area contributed by atoms with Gasteiger partial charge in [-0.3, -0.25) is 9.69 Å². The summed E-state index contributed by atoms with van der Waals surface area (Å²) in [6.45, 7) is -0.0259. The molecule has 0 aliphatic heterocycles. The summed E-state index contributed by atoms with van der Waals surface area (Å²) in [6, 6.07) is 17.4. The number of thiophene rings is 1. The summed E-state index contributed by atoms with van der Waals surface area (Å²) in [7, 11) is 0. The number of carbonyl (C=O) groups excluding carboxylic acids is 1. The summed E-state index contributed by atoms with van der Waals surface area (Å²) < 4.78 is 13.3. The summed E-state index contributed by atoms with van der Waals surface area (Å²) in [5, 5.41) is 12.6. The van der Waals surface area contributed by atoms with Crippen LogP contribution in [0.25, 0.3) is 21.3 Å². The number of fused-ring (bicyclic) bond motifs is 1. The van der Waals surface area contributed by atoms with Crippen LogP contribution in [0.15, 0.2) is 71.3 Å². The number of anilines is 1. The maximum absolute atomic E-state index is 13.3. The molecule has 0 aliphatic carbocycles. The zero-order chi connectivity index (χ0) is 20.9. The van der Waals surface area contributed by atoms with E-state index in [9.17, 15) is 9.18 Å². The zero-order valence-corrected chi connectivity index (χ0v) is 17.3. The van der Waals surface area contributed by atoms with Crippen LogP contribution in [0.4, 0.5) is 10.1 Å². The summed E-state index contributed by atoms with van der Waals surface area (Å²) in [5.74, 6) is -0.354. The van der Waals surface area contributed by atoms with Crippen LogP contribution in [-0.2, 0) is 4.79 Å². The number of benzene rings is 2. The van der Waals surface area contributed by atoms with Gasteiger partial charge in [0.1, 0.15) is 28.5 Å². The molecule has 0 fully saturated rings. The topological polar surface area (TPSA) is 69.9 Å². The van der Waals surface area contributed by atoms with Gasteiger partial charge >= 0.3 is 0 Å². The first kappa shape index (κ1) is 20.0. The lowest BCUT2D eigenvalue weighted by molar-refractivity contribution is -0.116. The maximum atomic E-state index is 13.3. The Bertz CT molecular complexity index is 1220. The lowest BCUT2D eigenvalue weighted by Gasteiger charge is -2.19. The van der Waals surface area contributed by atoms with Gasteiger partial charge in [-0.25, -0.2) is 14.4 Å². The second-order valence-corrected chi connectivity index (χ2v) is 8.10. The van der Waals surface area contributed by atoms with Crippen LogP contribution in [0.2, 0.25) is 0 Å². The van der Waals surface area contributed by atoms with E-state index in [0.29, 0.717) is 10.7 Å². The minimum Gasteiger partial charge on any atom is -0.298 e. The number of nitriles is 1. The summed E-state index contributed by atoms with van der Waals surface area (Å²) in [5.41, 5.74) is 2.45. The predicted molar refractivity (Wildman–Crippen MR) is 118 cm³/mol. The quantitative estimate of drug-likeness (QED) is 0.239. The van der Waals surface area contributed by atoms with Crippen molar-refractivity contribution in [3.8, 4) is 17.2 Å². The molecule has 30 heavy (non-hydrogen) atoms. The molecule has 2 aromatic heterocycles. The third-order valence-corrected chi connectivity index (χ3v) is 6.28. The smallest absolute Gasteiger partial charge is 0.238 e. The lowest BCUT2D eigenvalue weighted by Crippen LogP contribution is -2.32. The number of rotatable bonds is 6. The number of amides is 1. The molecule has 0 radical (unpaired) electrons. The van der Waals surface area contributed by atoms with Crippen molar-refractivity contribution in [1.82, 2.24) is 9.97 Å². The van der Waals surface area contributed by atoms with Crippen molar-refractivity contribution < 1.29 is 9.18 Å². The molecule has 4 aromatic rings. The van der Waals surface area contributed by atoms with Crippen molar-refractivity contribution in [2.24, 2.45) is 0 Å². The molecule has 5 nitrogen and oxygen atoms in total. The van der Waals surface area contributed by atoms with Gasteiger partial charge in [0.15, 0.2) is 0 Å². The Hall–Kier alpha value is -3.28. The van der Waals surface area contributed by atoms with E-state index < -0.39 is 0 Å². The molecule has 0 saturated heterocycles. The average molecular weight is 435 g/mol. The fraction of sp³-hybridized carbons (Fsp3) is 0.0909. The van der Waals surface area contributed by atoms with Gasteiger partial charge in [-0.05, 0) is 29.8 Å². The molecule has 0 bridgehead atoms. The number of aromatic nitrogens is 2. The van der Waals surface area contributed by atoms with Crippen LogP contribution >= 0.6 is 23.1 Å². The lowest BCUT2D eigenvalue weighted by atomic mass is 10.1. The highest BCUT2D eigenvalue weighted by Crippen LogP contribution is 2.38. The second-order valence-electron chi connectivity index (χ2n) is 6.28. The molecule has 8 heteroatoms. The monoisotopic (exact) mass is 434 g/mol. The van der Waals surface area contributed by atoms with E-state index in [2.05, 4.69) is 9.97 Å². The summed E-state index contributed by atoms with van der Waals surface area (Å²) in [6.07, 6.45) is 1.48. The number of carbonyl (C=O) groups is 1. The van der Waals surface area contributed by atoms with E-state index in [1.54, 1.807) is 24.3 Å². The highest BCUT2D eigenvalue weighted by molar-refractivity contribution is 8.00. The van der Waals surface area contributed by atoms with Crippen LogP contribution in [0.3, 0.4) is 0 Å². The minimum atomic E-state index is -0.298. The van der Waals surface area contributed by atoms with Gasteiger partial charge in [0.25, 0.3) is 0 Å². The minimum absolute atomic E-state index is 0.0259. The highest BCUT2D eigenvalue weighted by Gasteiger charge is 2.18. The predicted octanol–water partition coefficient (Wildman–Crippen LogP) is 5.15. The number of nitrogens with zero attached hydrogens (tertiary/aromatic N) is 4. The Labute approximate surface area is 180 Å². The molecule has 2 aromatic carbocycles. The third-order valence-electron chi connectivity index (χ3n) is 4.42. The molecule has 148 valence electrons. The van der Waals surface area contributed by atoms with Gasteiger partial charge in [-0.2, -0.15) is 5.26 Å². The molecule has 0 aliphatic rings. The number of para-hydroxylation sites is 1. The number of hydrogen-bond acceptors (Lipinski definition) is 6. The Morgan fingerprint density at radius 2 is 1.90 bits per heavy atom. The first-order chi connectivity index (χ1) is 14.7. The van der Waals surface area contributed by atoms with Gasteiger partial charge < -0.3 is 0 Å². The van der Waals surface area contributed by atoms with Crippen molar-refractivity contribution >= 4 is 44.9 Å². The van der Waals surface area contributed by atoms with Crippen LogP contribution in [0, 0.1) is 17.1 Å². The van der Waals surface area contributed by atoms with E-state index >= 15 is 0 Å². The van der Waals surface area contributed by atoms with Crippen LogP contribution < -0.4 is 4.90 Å². The van der Waals surface area contributed by atoms with Gasteiger partial charge in [-0.15, -0.1) is 11.3 Å². The number of thioether (sulfide) groups is 1. The largest absolute Gasteiger partial charge is 0.298 e. The molecular formula is C22H15FN4OS2. The SMILES string of the molecule is N#CCN(C(=O)CSc1ncnc2scc(-c3ccc(F)cc3)c12)c1ccccc1. The number of halogens is 1. The van der Waals surface area contributed by atoms with E-state index in [1.165, 1.54) is 46.5 Å². The molecule has 0 unspecified atom stereocenters. The van der Waals surface area contributed by atoms with Crippen LogP contribution in [-0.4, -0.2) is 28.2 Å². The molecule has 0 atom stereocenters. The normalized spacial score (nSPS) is 10.7. The van der Waals surface area contributed by atoms with Gasteiger partial charge in [-0.1, -0.05) is 42.1 Å². The molecule has 1 amide bonds. The van der Waals surface area contributed by atoms with Gasteiger partial charge in [0.2, 0.25) is 5.91 Å². The standard InChI is InChI=1S/C22H15FN4OS2/c23-16-8-6-15(7-9-16)18-12-29-21-20(18)22(26-14-25-21)30-13-19(28)27(11-10-24)17-4-2-1-3-5-17/h1-9,12,14H,11,13H2.